The number of hydrogen-bond donors (Lipinski definition) is 3. The highest BCUT2D eigenvalue weighted by atomic mass is 35.5. The van der Waals surface area contributed by atoms with Gasteiger partial charge in [-0.3, -0.25) is 4.79 Å². The van der Waals surface area contributed by atoms with Crippen molar-refractivity contribution in [2.24, 2.45) is 5.73 Å². The Hall–Kier alpha value is -1.26. The third kappa shape index (κ3) is 4.11. The normalized spacial score (nSPS) is 13.9. The van der Waals surface area contributed by atoms with E-state index in [-0.39, 0.29) is 6.42 Å². The number of nitrogens with one attached hydrogen (secondary N) is 1. The number of carboxylic acids is 1. The minimum absolute atomic E-state index is 0.0172. The largest absolute Gasteiger partial charge is 0.481 e. The third-order valence-electron chi connectivity index (χ3n) is 3.30. The standard InChI is InChI=1S/C14H21ClN2O2/c1-10-3-4-11(17-6-5-15)7-12(10)14(2,9-16)8-13(18)19/h3-4,7,17H,5-6,8-9,16H2,1-2H3,(H,18,19). The van der Waals surface area contributed by atoms with Crippen LogP contribution in [0.5, 0.6) is 0 Å². The second-order valence-corrected chi connectivity index (χ2v) is 5.36. The summed E-state index contributed by atoms with van der Waals surface area (Å²) in [5, 5.41) is 12.2. The lowest BCUT2D eigenvalue weighted by molar-refractivity contribution is -0.138. The molecule has 0 aromatic heterocycles. The molecule has 0 aliphatic carbocycles. The van der Waals surface area contributed by atoms with Gasteiger partial charge in [-0.2, -0.15) is 0 Å². The molecule has 0 saturated carbocycles. The van der Waals surface area contributed by atoms with Gasteiger partial charge < -0.3 is 16.2 Å². The highest BCUT2D eigenvalue weighted by molar-refractivity contribution is 6.18. The lowest BCUT2D eigenvalue weighted by atomic mass is 9.77. The van der Waals surface area contributed by atoms with Crippen molar-refractivity contribution in [1.82, 2.24) is 0 Å². The van der Waals surface area contributed by atoms with Crippen molar-refractivity contribution in [1.29, 1.82) is 0 Å². The molecule has 1 aromatic rings. The van der Waals surface area contributed by atoms with Crippen LogP contribution in [0.1, 0.15) is 24.5 Å². The number of anilines is 1. The minimum Gasteiger partial charge on any atom is -0.481 e. The smallest absolute Gasteiger partial charge is 0.304 e. The topological polar surface area (TPSA) is 75.3 Å². The number of aliphatic carboxylic acids is 1. The number of nitrogens with two attached hydrogens (primary N) is 1. The van der Waals surface area contributed by atoms with Crippen molar-refractivity contribution < 1.29 is 9.90 Å². The zero-order valence-corrected chi connectivity index (χ0v) is 12.1. The fraction of sp³-hybridized carbons (Fsp3) is 0.500. The molecule has 1 atom stereocenters. The molecule has 4 N–H and O–H groups in total. The van der Waals surface area contributed by atoms with Gasteiger partial charge in [0, 0.05) is 30.1 Å². The lowest BCUT2D eigenvalue weighted by Crippen LogP contribution is -2.35. The van der Waals surface area contributed by atoms with Crippen LogP contribution in [0, 0.1) is 6.92 Å². The van der Waals surface area contributed by atoms with Crippen LogP contribution < -0.4 is 11.1 Å². The average Bonchev–Trinajstić information content (AvgIpc) is 2.36. The number of aryl methyl sites for hydroxylation is 1. The Bertz CT molecular complexity index is 451. The number of carboxylic acid groups (broad SMARTS) is 1. The molecule has 0 saturated heterocycles. The van der Waals surface area contributed by atoms with Gasteiger partial charge in [-0.05, 0) is 30.2 Å². The van der Waals surface area contributed by atoms with Crippen LogP contribution in [0.15, 0.2) is 18.2 Å². The molecule has 0 spiro atoms. The van der Waals surface area contributed by atoms with E-state index >= 15 is 0 Å². The van der Waals surface area contributed by atoms with Crippen LogP contribution in [-0.4, -0.2) is 30.0 Å². The molecule has 106 valence electrons. The fourth-order valence-corrected chi connectivity index (χ4v) is 2.28. The number of rotatable bonds is 7. The summed E-state index contributed by atoms with van der Waals surface area (Å²) in [5.74, 6) is -0.321. The Labute approximate surface area is 118 Å². The van der Waals surface area contributed by atoms with E-state index in [0.717, 1.165) is 16.8 Å². The van der Waals surface area contributed by atoms with E-state index in [9.17, 15) is 4.79 Å². The maximum atomic E-state index is 11.0. The van der Waals surface area contributed by atoms with Gasteiger partial charge in [0.1, 0.15) is 0 Å². The second-order valence-electron chi connectivity index (χ2n) is 4.98. The molecular weight excluding hydrogens is 264 g/mol. The van der Waals surface area contributed by atoms with E-state index in [1.54, 1.807) is 0 Å². The number of carbonyl (C=O) groups is 1. The first-order chi connectivity index (χ1) is 8.92. The van der Waals surface area contributed by atoms with Gasteiger partial charge >= 0.3 is 5.97 Å². The van der Waals surface area contributed by atoms with Crippen LogP contribution in [0.25, 0.3) is 0 Å². The van der Waals surface area contributed by atoms with Crippen molar-refractivity contribution >= 4 is 23.3 Å². The Balaban J connectivity index is 3.11. The second kappa shape index (κ2) is 6.78. The summed E-state index contributed by atoms with van der Waals surface area (Å²) in [7, 11) is 0. The molecule has 1 rings (SSSR count). The first-order valence-electron chi connectivity index (χ1n) is 6.26. The van der Waals surface area contributed by atoms with Gasteiger partial charge in [-0.25, -0.2) is 0 Å². The van der Waals surface area contributed by atoms with Crippen molar-refractivity contribution in [2.75, 3.05) is 24.3 Å². The Morgan fingerprint density at radius 1 is 1.53 bits per heavy atom. The minimum atomic E-state index is -0.841. The molecule has 0 radical (unpaired) electrons. The quantitative estimate of drug-likeness (QED) is 0.672. The Morgan fingerprint density at radius 3 is 2.74 bits per heavy atom. The van der Waals surface area contributed by atoms with Crippen LogP contribution >= 0.6 is 11.6 Å². The zero-order valence-electron chi connectivity index (χ0n) is 11.4. The van der Waals surface area contributed by atoms with Crippen LogP contribution in [0.4, 0.5) is 5.69 Å². The highest BCUT2D eigenvalue weighted by Gasteiger charge is 2.29. The molecule has 1 unspecified atom stereocenters. The number of hydrogen-bond acceptors (Lipinski definition) is 3. The monoisotopic (exact) mass is 284 g/mol. The first-order valence-corrected chi connectivity index (χ1v) is 6.79. The number of alkyl halides is 1. The Morgan fingerprint density at radius 2 is 2.21 bits per heavy atom. The summed E-state index contributed by atoms with van der Waals surface area (Å²) in [5.41, 5.74) is 8.19. The molecule has 0 fully saturated rings. The molecule has 0 bridgehead atoms. The predicted molar refractivity (Wildman–Crippen MR) is 79.0 cm³/mol. The predicted octanol–water partition coefficient (Wildman–Crippen LogP) is 2.34. The zero-order chi connectivity index (χ0) is 14.5. The van der Waals surface area contributed by atoms with Crippen molar-refractivity contribution in [2.45, 2.75) is 25.7 Å². The van der Waals surface area contributed by atoms with E-state index in [1.165, 1.54) is 0 Å². The molecule has 19 heavy (non-hydrogen) atoms. The van der Waals surface area contributed by atoms with Gasteiger partial charge in [0.05, 0.1) is 6.42 Å². The summed E-state index contributed by atoms with van der Waals surface area (Å²) < 4.78 is 0. The van der Waals surface area contributed by atoms with Crippen molar-refractivity contribution in [3.05, 3.63) is 29.3 Å². The van der Waals surface area contributed by atoms with Crippen molar-refractivity contribution in [3.8, 4) is 0 Å². The SMILES string of the molecule is Cc1ccc(NCCCl)cc1C(C)(CN)CC(=O)O. The van der Waals surface area contributed by atoms with Gasteiger partial charge in [-0.1, -0.05) is 13.0 Å². The summed E-state index contributed by atoms with van der Waals surface area (Å²) in [4.78, 5) is 11.0. The average molecular weight is 285 g/mol. The van der Waals surface area contributed by atoms with E-state index in [2.05, 4.69) is 5.32 Å². The molecule has 0 aliphatic heterocycles. The summed E-state index contributed by atoms with van der Waals surface area (Å²) >= 11 is 5.65. The van der Waals surface area contributed by atoms with E-state index < -0.39 is 11.4 Å². The lowest BCUT2D eigenvalue weighted by Gasteiger charge is -2.29. The van der Waals surface area contributed by atoms with Gasteiger partial charge in [0.25, 0.3) is 0 Å². The highest BCUT2D eigenvalue weighted by Crippen LogP contribution is 2.31. The third-order valence-corrected chi connectivity index (χ3v) is 3.49. The fourth-order valence-electron chi connectivity index (χ4n) is 2.18. The maximum Gasteiger partial charge on any atom is 0.304 e. The van der Waals surface area contributed by atoms with E-state index in [4.69, 9.17) is 22.4 Å². The summed E-state index contributed by atoms with van der Waals surface area (Å²) in [6, 6.07) is 5.91. The van der Waals surface area contributed by atoms with Crippen LogP contribution in [0.3, 0.4) is 0 Å². The maximum absolute atomic E-state index is 11.0. The van der Waals surface area contributed by atoms with Crippen LogP contribution in [-0.2, 0) is 10.2 Å². The molecule has 1 aromatic carbocycles. The van der Waals surface area contributed by atoms with Crippen LogP contribution in [0.2, 0.25) is 0 Å². The Kier molecular flexibility index (Phi) is 5.63. The van der Waals surface area contributed by atoms with Gasteiger partial charge in [-0.15, -0.1) is 11.6 Å². The summed E-state index contributed by atoms with van der Waals surface area (Å²) in [6.07, 6.45) is 0.0172. The molecular formula is C14H21ClN2O2. The van der Waals surface area contributed by atoms with Crippen molar-refractivity contribution in [3.63, 3.8) is 0 Å². The van der Waals surface area contributed by atoms with E-state index in [1.807, 2.05) is 32.0 Å². The molecule has 5 heteroatoms. The molecule has 4 nitrogen and oxygen atoms in total. The van der Waals surface area contributed by atoms with Gasteiger partial charge in [0.15, 0.2) is 0 Å². The van der Waals surface area contributed by atoms with Gasteiger partial charge in [0.2, 0.25) is 0 Å². The number of benzene rings is 1. The van der Waals surface area contributed by atoms with E-state index in [0.29, 0.717) is 19.0 Å². The summed E-state index contributed by atoms with van der Waals surface area (Å²) in [6.45, 7) is 4.81. The molecule has 0 amide bonds. The molecule has 0 heterocycles. The molecule has 0 aliphatic rings. The number of halogens is 1. The first kappa shape index (κ1) is 15.8.